The molecule has 0 N–H and O–H groups in total. The van der Waals surface area contributed by atoms with Crippen molar-refractivity contribution in [3.63, 3.8) is 0 Å². The molecule has 4 aromatic carbocycles. The summed E-state index contributed by atoms with van der Waals surface area (Å²) in [6.45, 7) is 6.15. The number of rotatable bonds is 10. The first-order valence-corrected chi connectivity index (χ1v) is 15.9. The highest BCUT2D eigenvalue weighted by Crippen LogP contribution is 2.35. The molecule has 1 aliphatic heterocycles. The number of nitrogens with zero attached hydrogens (tertiary/aromatic N) is 3. The minimum Gasteiger partial charge on any atom is -0.490 e. The van der Waals surface area contributed by atoms with Crippen LogP contribution in [0.5, 0.6) is 11.5 Å². The molecular formula is C36H31N3O7S. The number of esters is 1. The van der Waals surface area contributed by atoms with Crippen LogP contribution in [0.3, 0.4) is 0 Å². The molecule has 0 fully saturated rings. The number of nitro groups is 1. The van der Waals surface area contributed by atoms with Crippen molar-refractivity contribution in [3.05, 3.63) is 143 Å². The minimum absolute atomic E-state index is 0.00843. The maximum atomic E-state index is 14.2. The van der Waals surface area contributed by atoms with Crippen LogP contribution in [0.15, 0.2) is 106 Å². The van der Waals surface area contributed by atoms with Gasteiger partial charge in [0.2, 0.25) is 0 Å². The summed E-state index contributed by atoms with van der Waals surface area (Å²) in [7, 11) is 0. The number of hydrogen-bond donors (Lipinski definition) is 0. The van der Waals surface area contributed by atoms with Crippen LogP contribution in [0, 0.1) is 10.1 Å². The topological polar surface area (TPSA) is 122 Å². The molecule has 5 aromatic rings. The zero-order valence-electron chi connectivity index (χ0n) is 26.0. The van der Waals surface area contributed by atoms with Crippen LogP contribution in [0.2, 0.25) is 0 Å². The smallest absolute Gasteiger partial charge is 0.338 e. The van der Waals surface area contributed by atoms with Crippen LogP contribution in [-0.4, -0.2) is 28.7 Å². The summed E-state index contributed by atoms with van der Waals surface area (Å²) in [6, 6.07) is 24.5. The van der Waals surface area contributed by atoms with E-state index in [1.54, 1.807) is 48.8 Å². The highest BCUT2D eigenvalue weighted by atomic mass is 32.1. The van der Waals surface area contributed by atoms with Gasteiger partial charge < -0.3 is 14.2 Å². The van der Waals surface area contributed by atoms with Crippen molar-refractivity contribution in [1.29, 1.82) is 0 Å². The molecule has 1 aliphatic rings. The highest BCUT2D eigenvalue weighted by Gasteiger charge is 2.34. The number of benzene rings is 4. The lowest BCUT2D eigenvalue weighted by Crippen LogP contribution is -2.40. The van der Waals surface area contributed by atoms with Gasteiger partial charge >= 0.3 is 5.97 Å². The van der Waals surface area contributed by atoms with Crippen molar-refractivity contribution in [1.82, 2.24) is 4.57 Å². The zero-order valence-corrected chi connectivity index (χ0v) is 26.8. The normalized spacial score (nSPS) is 14.4. The Labute approximate surface area is 273 Å². The van der Waals surface area contributed by atoms with Gasteiger partial charge in [0.1, 0.15) is 6.61 Å². The molecule has 238 valence electrons. The number of fused-ring (bicyclic) bond motifs is 2. The molecule has 0 bridgehead atoms. The summed E-state index contributed by atoms with van der Waals surface area (Å²) in [5, 5.41) is 12.9. The van der Waals surface area contributed by atoms with Crippen LogP contribution < -0.4 is 24.4 Å². The van der Waals surface area contributed by atoms with Crippen LogP contribution in [0.25, 0.3) is 16.8 Å². The number of hydrogen-bond acceptors (Lipinski definition) is 9. The predicted molar refractivity (Wildman–Crippen MR) is 179 cm³/mol. The van der Waals surface area contributed by atoms with Crippen LogP contribution >= 0.6 is 11.3 Å². The molecule has 0 amide bonds. The number of ether oxygens (including phenoxy) is 3. The maximum Gasteiger partial charge on any atom is 0.338 e. The number of carbonyl (C=O) groups excluding carboxylic acids is 1. The van der Waals surface area contributed by atoms with Gasteiger partial charge in [-0.1, -0.05) is 59.9 Å². The summed E-state index contributed by atoms with van der Waals surface area (Å²) in [4.78, 5) is 43.2. The second kappa shape index (κ2) is 13.4. The maximum absolute atomic E-state index is 14.2. The molecule has 47 heavy (non-hydrogen) atoms. The Bertz CT molecular complexity index is 2210. The van der Waals surface area contributed by atoms with E-state index in [0.29, 0.717) is 44.3 Å². The summed E-state index contributed by atoms with van der Waals surface area (Å²) in [5.74, 6) is 0.478. The number of thiazole rings is 1. The van der Waals surface area contributed by atoms with E-state index in [0.717, 1.165) is 21.9 Å². The Morgan fingerprint density at radius 1 is 0.979 bits per heavy atom. The number of non-ortho nitro benzene ring substituents is 1. The van der Waals surface area contributed by atoms with Gasteiger partial charge in [-0.3, -0.25) is 19.5 Å². The molecule has 0 radical (unpaired) electrons. The molecule has 0 aliphatic carbocycles. The number of nitro benzene ring substituents is 1. The summed E-state index contributed by atoms with van der Waals surface area (Å²) < 4.78 is 19.3. The van der Waals surface area contributed by atoms with Gasteiger partial charge in [0.05, 0.1) is 40.0 Å². The first-order chi connectivity index (χ1) is 22.8. The molecule has 2 heterocycles. The monoisotopic (exact) mass is 649 g/mol. The largest absolute Gasteiger partial charge is 0.490 e. The van der Waals surface area contributed by atoms with Gasteiger partial charge in [-0.25, -0.2) is 9.79 Å². The van der Waals surface area contributed by atoms with Gasteiger partial charge in [0, 0.05) is 12.1 Å². The van der Waals surface area contributed by atoms with E-state index in [9.17, 15) is 19.7 Å². The third-order valence-electron chi connectivity index (χ3n) is 7.74. The van der Waals surface area contributed by atoms with Gasteiger partial charge in [0.15, 0.2) is 16.3 Å². The van der Waals surface area contributed by atoms with Crippen molar-refractivity contribution in [3.8, 4) is 11.5 Å². The minimum atomic E-state index is -0.729. The fraction of sp³-hybridized carbons (Fsp3) is 0.194. The molecule has 11 heteroatoms. The predicted octanol–water partition coefficient (Wildman–Crippen LogP) is 5.84. The quantitative estimate of drug-likeness (QED) is 0.106. The van der Waals surface area contributed by atoms with Crippen molar-refractivity contribution in [2.75, 3.05) is 13.2 Å². The Hall–Kier alpha value is -5.55. The van der Waals surface area contributed by atoms with Crippen molar-refractivity contribution in [2.24, 2.45) is 4.99 Å². The van der Waals surface area contributed by atoms with E-state index in [1.807, 2.05) is 55.5 Å². The van der Waals surface area contributed by atoms with E-state index in [1.165, 1.54) is 23.5 Å². The molecule has 0 saturated carbocycles. The average molecular weight is 650 g/mol. The van der Waals surface area contributed by atoms with Crippen molar-refractivity contribution >= 4 is 39.8 Å². The standard InChI is InChI=1S/C36H31N3O7S/c1-4-44-30-19-24(15-18-29(30)46-21-23-13-16-26(17-14-23)39(42)43)20-31-34(40)38-33(28-12-8-10-25-9-6-7-11-27(25)28)32(35(41)45-5-2)22(3)37-36(38)47-31/h6-20,33H,4-5,21H2,1-3H3/b31-20-/t33-/m0/s1. The van der Waals surface area contributed by atoms with Gasteiger partial charge in [0.25, 0.3) is 11.2 Å². The molecule has 1 atom stereocenters. The van der Waals surface area contributed by atoms with E-state index < -0.39 is 16.9 Å². The third kappa shape index (κ3) is 6.30. The third-order valence-corrected chi connectivity index (χ3v) is 8.72. The first-order valence-electron chi connectivity index (χ1n) is 15.1. The van der Waals surface area contributed by atoms with Gasteiger partial charge in [-0.2, -0.15) is 0 Å². The highest BCUT2D eigenvalue weighted by molar-refractivity contribution is 7.07. The summed E-state index contributed by atoms with van der Waals surface area (Å²) in [6.07, 6.45) is 1.77. The number of aromatic nitrogens is 1. The van der Waals surface area contributed by atoms with E-state index in [-0.39, 0.29) is 24.5 Å². The SMILES string of the molecule is CCOC(=O)C1=C(C)N=c2s/c(=C\c3ccc(OCc4ccc([N+](=O)[O-])cc4)c(OCC)c3)c(=O)n2[C@H]1c1cccc2ccccc12. The van der Waals surface area contributed by atoms with E-state index in [2.05, 4.69) is 0 Å². The Kier molecular flexibility index (Phi) is 8.99. The molecule has 1 aromatic heterocycles. The van der Waals surface area contributed by atoms with Gasteiger partial charge in [-0.05, 0) is 78.6 Å². The lowest BCUT2D eigenvalue weighted by atomic mass is 9.91. The molecule has 0 saturated heterocycles. The molecule has 0 unspecified atom stereocenters. The molecule has 10 nitrogen and oxygen atoms in total. The Balaban J connectivity index is 1.40. The van der Waals surface area contributed by atoms with Gasteiger partial charge in [-0.15, -0.1) is 0 Å². The summed E-state index contributed by atoms with van der Waals surface area (Å²) >= 11 is 1.25. The molecule has 0 spiro atoms. The van der Waals surface area contributed by atoms with E-state index >= 15 is 0 Å². The lowest BCUT2D eigenvalue weighted by molar-refractivity contribution is -0.384. The second-order valence-corrected chi connectivity index (χ2v) is 11.7. The van der Waals surface area contributed by atoms with Crippen molar-refractivity contribution < 1.29 is 23.9 Å². The second-order valence-electron chi connectivity index (χ2n) is 10.7. The first kappa shape index (κ1) is 31.4. The van der Waals surface area contributed by atoms with Crippen LogP contribution in [0.4, 0.5) is 5.69 Å². The zero-order chi connectivity index (χ0) is 33.1. The van der Waals surface area contributed by atoms with E-state index in [4.69, 9.17) is 19.2 Å². The summed E-state index contributed by atoms with van der Waals surface area (Å²) in [5.41, 5.74) is 2.84. The van der Waals surface area contributed by atoms with Crippen molar-refractivity contribution in [2.45, 2.75) is 33.4 Å². The average Bonchev–Trinajstić information content (AvgIpc) is 3.37. The lowest BCUT2D eigenvalue weighted by Gasteiger charge is -2.25. The fourth-order valence-corrected chi connectivity index (χ4v) is 6.65. The molecular weight excluding hydrogens is 618 g/mol. The number of carbonyl (C=O) groups is 1. The van der Waals surface area contributed by atoms with Crippen LogP contribution in [-0.2, 0) is 16.1 Å². The molecule has 6 rings (SSSR count). The Morgan fingerprint density at radius 2 is 1.74 bits per heavy atom. The number of allylic oxidation sites excluding steroid dienone is 1. The van der Waals surface area contributed by atoms with Crippen LogP contribution in [0.1, 0.15) is 43.5 Å². The fourth-order valence-electron chi connectivity index (χ4n) is 5.60. The Morgan fingerprint density at radius 3 is 2.49 bits per heavy atom.